The van der Waals surface area contributed by atoms with Gasteiger partial charge >= 0.3 is 11.9 Å². The number of β-lactam (4-membered cyclic amide) rings is 1. The Morgan fingerprint density at radius 1 is 1.23 bits per heavy atom. The summed E-state index contributed by atoms with van der Waals surface area (Å²) in [6, 6.07) is -1.00. The highest BCUT2D eigenvalue weighted by Crippen LogP contribution is 2.40. The molecule has 1 saturated heterocycles. The quantitative estimate of drug-likeness (QED) is 0.0907. The number of thioether (sulfide) groups is 1. The average Bonchev–Trinajstić information content (AvgIpc) is 3.36. The number of alkyl halides is 1. The van der Waals surface area contributed by atoms with Gasteiger partial charge in [0.15, 0.2) is 10.8 Å². The van der Waals surface area contributed by atoms with Crippen molar-refractivity contribution >= 4 is 75.2 Å². The number of hydrogen-bond donors (Lipinski definition) is 2. The Morgan fingerprint density at radius 2 is 1.95 bits per heavy atom. The van der Waals surface area contributed by atoms with Crippen molar-refractivity contribution in [1.29, 1.82) is 0 Å². The first-order valence-electron chi connectivity index (χ1n) is 11.7. The number of anilines is 1. The molecule has 2 aliphatic heterocycles. The molecule has 0 unspecified atom stereocenters. The maximum absolute atomic E-state index is 13.2. The molecule has 218 valence electrons. The molecule has 0 spiro atoms. The number of rotatable bonds is 11. The Morgan fingerprint density at radius 3 is 2.58 bits per heavy atom. The molecule has 2 N–H and O–H groups in total. The minimum atomic E-state index is -1.00. The van der Waals surface area contributed by atoms with Crippen LogP contribution in [0.2, 0.25) is 0 Å². The lowest BCUT2D eigenvalue weighted by molar-refractivity contribution is -0.173. The van der Waals surface area contributed by atoms with Crippen LogP contribution in [0, 0.1) is 5.41 Å². The van der Waals surface area contributed by atoms with Gasteiger partial charge < -0.3 is 29.7 Å². The van der Waals surface area contributed by atoms with Gasteiger partial charge in [0.2, 0.25) is 12.7 Å². The van der Waals surface area contributed by atoms with Gasteiger partial charge in [0.1, 0.15) is 35.8 Å². The predicted molar refractivity (Wildman–Crippen MR) is 145 cm³/mol. The Hall–Kier alpha value is -3.21. The number of nitrogens with one attached hydrogen (secondary N) is 2. The molecule has 0 radical (unpaired) electrons. The Labute approximate surface area is 242 Å². The van der Waals surface area contributed by atoms with Crippen LogP contribution in [-0.2, 0) is 43.0 Å². The monoisotopic (exact) mass is 617 g/mol. The Balaban J connectivity index is 1.72. The van der Waals surface area contributed by atoms with Crippen LogP contribution in [0.4, 0.5) is 5.13 Å². The van der Waals surface area contributed by atoms with Crippen LogP contribution < -0.4 is 10.6 Å². The molecular formula is C23H28ClN5O9S2. The Kier molecular flexibility index (Phi) is 10.5. The highest BCUT2D eigenvalue weighted by atomic mass is 35.5. The van der Waals surface area contributed by atoms with Crippen LogP contribution in [0.15, 0.2) is 21.8 Å². The molecule has 1 aromatic rings. The summed E-state index contributed by atoms with van der Waals surface area (Å²) >= 11 is 7.85. The fourth-order valence-electron chi connectivity index (χ4n) is 3.48. The van der Waals surface area contributed by atoms with E-state index in [-0.39, 0.29) is 34.7 Å². The molecular weight excluding hydrogens is 590 g/mol. The minimum Gasteiger partial charge on any atom is -0.427 e. The normalized spacial score (nSPS) is 18.9. The number of aromatic nitrogens is 1. The highest BCUT2D eigenvalue weighted by Gasteiger charge is 2.54. The van der Waals surface area contributed by atoms with Crippen molar-refractivity contribution in [3.63, 3.8) is 0 Å². The number of nitrogens with zero attached hydrogens (tertiary/aromatic N) is 3. The molecule has 0 bridgehead atoms. The molecule has 40 heavy (non-hydrogen) atoms. The van der Waals surface area contributed by atoms with Crippen LogP contribution in [0.3, 0.4) is 0 Å². The minimum absolute atomic E-state index is 0.0298. The van der Waals surface area contributed by atoms with Crippen molar-refractivity contribution in [3.05, 3.63) is 22.3 Å². The van der Waals surface area contributed by atoms with E-state index in [0.29, 0.717) is 11.3 Å². The lowest BCUT2D eigenvalue weighted by atomic mass is 9.98. The number of hydrogen-bond acceptors (Lipinski definition) is 13. The SMILES string of the molecule is COCC1=C(C(=O)OCOC(=O)C(C)(C)C)N2C(=O)[C@@H](NC(=O)C(=NOC)c3csc(NC(=O)CCl)n3)[C@H]2SC1. The molecule has 3 rings (SSSR count). The van der Waals surface area contributed by atoms with Crippen molar-refractivity contribution in [3.8, 4) is 0 Å². The van der Waals surface area contributed by atoms with Crippen molar-refractivity contribution in [2.75, 3.05) is 44.6 Å². The lowest BCUT2D eigenvalue weighted by Crippen LogP contribution is -2.71. The number of carbonyl (C=O) groups is 5. The van der Waals surface area contributed by atoms with Gasteiger partial charge in [-0.15, -0.1) is 34.7 Å². The van der Waals surface area contributed by atoms with Crippen molar-refractivity contribution in [2.45, 2.75) is 32.2 Å². The van der Waals surface area contributed by atoms with Gasteiger partial charge in [0.05, 0.1) is 12.0 Å². The summed E-state index contributed by atoms with van der Waals surface area (Å²) < 4.78 is 15.3. The zero-order valence-electron chi connectivity index (χ0n) is 22.3. The molecule has 0 aliphatic carbocycles. The summed E-state index contributed by atoms with van der Waals surface area (Å²) in [5.74, 6) is -3.19. The molecule has 0 aromatic carbocycles. The first kappa shape index (κ1) is 31.3. The molecule has 2 atom stereocenters. The van der Waals surface area contributed by atoms with E-state index in [1.165, 1.54) is 36.3 Å². The maximum Gasteiger partial charge on any atom is 0.358 e. The molecule has 17 heteroatoms. The van der Waals surface area contributed by atoms with Gasteiger partial charge in [-0.3, -0.25) is 24.1 Å². The smallest absolute Gasteiger partial charge is 0.358 e. The maximum atomic E-state index is 13.2. The van der Waals surface area contributed by atoms with Gasteiger partial charge in [-0.05, 0) is 26.3 Å². The number of amides is 3. The molecule has 2 aliphatic rings. The van der Waals surface area contributed by atoms with Gasteiger partial charge in [0.25, 0.3) is 11.8 Å². The number of ether oxygens (including phenoxy) is 3. The second kappa shape index (κ2) is 13.4. The second-order valence-corrected chi connectivity index (χ2v) is 11.6. The first-order chi connectivity index (χ1) is 18.9. The second-order valence-electron chi connectivity index (χ2n) is 9.32. The van der Waals surface area contributed by atoms with E-state index in [9.17, 15) is 24.0 Å². The van der Waals surface area contributed by atoms with E-state index < -0.39 is 53.3 Å². The van der Waals surface area contributed by atoms with E-state index in [2.05, 4.69) is 20.8 Å². The average molecular weight is 618 g/mol. The summed E-state index contributed by atoms with van der Waals surface area (Å²) in [6.45, 7) is 4.40. The summed E-state index contributed by atoms with van der Waals surface area (Å²) in [6.07, 6.45) is 0. The van der Waals surface area contributed by atoms with Gasteiger partial charge in [-0.1, -0.05) is 5.16 Å². The third-order valence-corrected chi connectivity index (χ3v) is 7.69. The van der Waals surface area contributed by atoms with Crippen LogP contribution in [0.1, 0.15) is 26.5 Å². The van der Waals surface area contributed by atoms with Crippen LogP contribution in [-0.4, -0.2) is 95.9 Å². The first-order valence-corrected chi connectivity index (χ1v) is 14.1. The van der Waals surface area contributed by atoms with Crippen molar-refractivity contribution < 1.29 is 43.0 Å². The predicted octanol–water partition coefficient (Wildman–Crippen LogP) is 1.06. The van der Waals surface area contributed by atoms with Gasteiger partial charge in [0, 0.05) is 18.2 Å². The van der Waals surface area contributed by atoms with E-state index in [1.807, 2.05) is 0 Å². The highest BCUT2D eigenvalue weighted by molar-refractivity contribution is 8.00. The number of halogens is 1. The molecule has 14 nitrogen and oxygen atoms in total. The van der Waals surface area contributed by atoms with Crippen molar-refractivity contribution in [1.82, 2.24) is 15.2 Å². The fraction of sp³-hybridized carbons (Fsp3) is 0.522. The number of oxime groups is 1. The van der Waals surface area contributed by atoms with E-state index in [1.54, 1.807) is 20.8 Å². The van der Waals surface area contributed by atoms with E-state index in [4.69, 9.17) is 30.6 Å². The third kappa shape index (κ3) is 7.10. The molecule has 3 heterocycles. The van der Waals surface area contributed by atoms with E-state index >= 15 is 0 Å². The van der Waals surface area contributed by atoms with E-state index in [0.717, 1.165) is 11.3 Å². The summed E-state index contributed by atoms with van der Waals surface area (Å²) in [5.41, 5.74) is -0.442. The fourth-order valence-corrected chi connectivity index (χ4v) is 5.58. The zero-order chi connectivity index (χ0) is 29.6. The van der Waals surface area contributed by atoms with Crippen LogP contribution in [0.5, 0.6) is 0 Å². The Bertz CT molecular complexity index is 1240. The topological polar surface area (TPSA) is 175 Å². The zero-order valence-corrected chi connectivity index (χ0v) is 24.7. The van der Waals surface area contributed by atoms with Gasteiger partial charge in [-0.2, -0.15) is 0 Å². The number of esters is 2. The molecule has 1 fully saturated rings. The molecule has 0 saturated carbocycles. The summed E-state index contributed by atoms with van der Waals surface area (Å²) in [5, 5.41) is 9.85. The number of methoxy groups -OCH3 is 1. The number of carbonyl (C=O) groups excluding carboxylic acids is 5. The lowest BCUT2D eigenvalue weighted by Gasteiger charge is -2.49. The summed E-state index contributed by atoms with van der Waals surface area (Å²) in [4.78, 5) is 72.9. The largest absolute Gasteiger partial charge is 0.427 e. The standard InChI is InChI=1S/C23H28ClN5O9S2/c1-23(2,3)21(34)38-10-37-20(33)16-11(7-35-4)8-39-19-15(18(32)29(16)19)27-17(31)14(28-36-5)12-9-40-22(25-12)26-13(30)6-24/h9,15,19H,6-8,10H2,1-5H3,(H,27,31)(H,25,26,30)/t15-,19-/m1/s1. The van der Waals surface area contributed by atoms with Gasteiger partial charge in [-0.25, -0.2) is 9.78 Å². The van der Waals surface area contributed by atoms with Crippen LogP contribution in [0.25, 0.3) is 0 Å². The summed E-state index contributed by atoms with van der Waals surface area (Å²) in [7, 11) is 2.68. The van der Waals surface area contributed by atoms with Crippen LogP contribution >= 0.6 is 34.7 Å². The number of fused-ring (bicyclic) bond motifs is 1. The number of thiazole rings is 1. The molecule has 3 amide bonds. The van der Waals surface area contributed by atoms with Crippen molar-refractivity contribution in [2.24, 2.45) is 10.6 Å². The third-order valence-electron chi connectivity index (χ3n) is 5.35. The molecule has 1 aromatic heterocycles.